The molecule has 0 spiro atoms. The molecular formula is C14H19N3O3. The first-order valence-electron chi connectivity index (χ1n) is 6.81. The summed E-state index contributed by atoms with van der Waals surface area (Å²) in [6, 6.07) is 3.67. The molecule has 20 heavy (non-hydrogen) atoms. The molecule has 0 aliphatic carbocycles. The third-order valence-corrected chi connectivity index (χ3v) is 3.81. The molecule has 1 aromatic rings. The number of amides is 1. The standard InChI is InChI=1S/C14H19N3O3/c1-19-9-3-2-4-17(7-9)12-6-11-13(5-10(12)15)20-8-14(18)16-11/h5-6,9H,2-4,7-8,15H2,1H3,(H,16,18). The summed E-state index contributed by atoms with van der Waals surface area (Å²) in [6.45, 7) is 1.80. The summed E-state index contributed by atoms with van der Waals surface area (Å²) in [5.74, 6) is 0.493. The summed E-state index contributed by atoms with van der Waals surface area (Å²) in [6.07, 6.45) is 2.36. The number of fused-ring (bicyclic) bond motifs is 1. The van der Waals surface area contributed by atoms with Gasteiger partial charge in [-0.05, 0) is 18.9 Å². The molecule has 108 valence electrons. The Morgan fingerprint density at radius 2 is 2.35 bits per heavy atom. The lowest BCUT2D eigenvalue weighted by Gasteiger charge is -2.35. The first-order chi connectivity index (χ1) is 9.67. The van der Waals surface area contributed by atoms with Crippen LogP contribution < -0.4 is 20.7 Å². The van der Waals surface area contributed by atoms with Gasteiger partial charge < -0.3 is 25.4 Å². The highest BCUT2D eigenvalue weighted by atomic mass is 16.5. The van der Waals surface area contributed by atoms with E-state index in [0.29, 0.717) is 17.1 Å². The molecule has 1 atom stereocenters. The Bertz CT molecular complexity index is 533. The van der Waals surface area contributed by atoms with Crippen LogP contribution in [-0.4, -0.2) is 38.8 Å². The number of nitrogen functional groups attached to an aromatic ring is 1. The molecule has 0 bridgehead atoms. The van der Waals surface area contributed by atoms with E-state index in [1.54, 1.807) is 13.2 Å². The zero-order chi connectivity index (χ0) is 14.1. The Morgan fingerprint density at radius 1 is 1.50 bits per heavy atom. The van der Waals surface area contributed by atoms with Gasteiger partial charge in [-0.3, -0.25) is 4.79 Å². The number of carbonyl (C=O) groups excluding carboxylic acids is 1. The van der Waals surface area contributed by atoms with Crippen molar-refractivity contribution in [2.75, 3.05) is 42.8 Å². The van der Waals surface area contributed by atoms with Crippen LogP contribution in [0.15, 0.2) is 12.1 Å². The van der Waals surface area contributed by atoms with Crippen molar-refractivity contribution in [3.63, 3.8) is 0 Å². The molecule has 1 unspecified atom stereocenters. The zero-order valence-corrected chi connectivity index (χ0v) is 11.5. The molecule has 2 aliphatic rings. The molecule has 0 saturated carbocycles. The molecule has 0 aromatic heterocycles. The predicted octanol–water partition coefficient (Wildman–Crippen LogP) is 1.21. The van der Waals surface area contributed by atoms with E-state index in [1.807, 2.05) is 6.07 Å². The minimum absolute atomic E-state index is 0.0429. The van der Waals surface area contributed by atoms with Gasteiger partial charge in [0.1, 0.15) is 5.75 Å². The van der Waals surface area contributed by atoms with E-state index in [0.717, 1.165) is 31.6 Å². The van der Waals surface area contributed by atoms with Crippen LogP contribution in [0.2, 0.25) is 0 Å². The van der Waals surface area contributed by atoms with Crippen molar-refractivity contribution in [3.8, 4) is 5.75 Å². The number of methoxy groups -OCH3 is 1. The maximum atomic E-state index is 11.4. The highest BCUT2D eigenvalue weighted by Gasteiger charge is 2.24. The fourth-order valence-electron chi connectivity index (χ4n) is 2.75. The monoisotopic (exact) mass is 277 g/mol. The van der Waals surface area contributed by atoms with Crippen LogP contribution in [-0.2, 0) is 9.53 Å². The summed E-state index contributed by atoms with van der Waals surface area (Å²) in [4.78, 5) is 13.6. The number of hydrogen-bond acceptors (Lipinski definition) is 5. The number of hydrogen-bond donors (Lipinski definition) is 2. The molecule has 3 rings (SSSR count). The van der Waals surface area contributed by atoms with Gasteiger partial charge in [0.25, 0.3) is 5.91 Å². The Kier molecular flexibility index (Phi) is 3.40. The molecule has 2 heterocycles. The Hall–Kier alpha value is -1.95. The van der Waals surface area contributed by atoms with Gasteiger partial charge in [-0.15, -0.1) is 0 Å². The second-order valence-corrected chi connectivity index (χ2v) is 5.19. The summed E-state index contributed by atoms with van der Waals surface area (Å²) in [5.41, 5.74) is 8.40. The van der Waals surface area contributed by atoms with Crippen LogP contribution in [0.5, 0.6) is 5.75 Å². The Morgan fingerprint density at radius 3 is 3.15 bits per heavy atom. The van der Waals surface area contributed by atoms with E-state index in [-0.39, 0.29) is 18.6 Å². The van der Waals surface area contributed by atoms with Gasteiger partial charge in [-0.2, -0.15) is 0 Å². The smallest absolute Gasteiger partial charge is 0.262 e. The number of rotatable bonds is 2. The number of ether oxygens (including phenoxy) is 2. The second kappa shape index (κ2) is 5.20. The number of carbonyl (C=O) groups is 1. The van der Waals surface area contributed by atoms with Gasteiger partial charge in [0, 0.05) is 26.3 Å². The second-order valence-electron chi connectivity index (χ2n) is 5.19. The van der Waals surface area contributed by atoms with E-state index < -0.39 is 0 Å². The maximum absolute atomic E-state index is 11.4. The fraction of sp³-hybridized carbons (Fsp3) is 0.500. The van der Waals surface area contributed by atoms with Gasteiger partial charge in [-0.1, -0.05) is 0 Å². The van der Waals surface area contributed by atoms with Crippen LogP contribution in [0.25, 0.3) is 0 Å². The van der Waals surface area contributed by atoms with Crippen molar-refractivity contribution in [3.05, 3.63) is 12.1 Å². The molecular weight excluding hydrogens is 258 g/mol. The molecule has 1 fully saturated rings. The summed E-state index contributed by atoms with van der Waals surface area (Å²) in [5, 5.41) is 2.81. The topological polar surface area (TPSA) is 76.8 Å². The first-order valence-corrected chi connectivity index (χ1v) is 6.81. The van der Waals surface area contributed by atoms with Crippen molar-refractivity contribution in [1.29, 1.82) is 0 Å². The highest BCUT2D eigenvalue weighted by Crippen LogP contribution is 2.37. The first kappa shape index (κ1) is 13.1. The lowest BCUT2D eigenvalue weighted by Crippen LogP contribution is -2.39. The van der Waals surface area contributed by atoms with E-state index in [4.69, 9.17) is 15.2 Å². The summed E-state index contributed by atoms with van der Waals surface area (Å²) in [7, 11) is 1.73. The molecule has 3 N–H and O–H groups in total. The van der Waals surface area contributed by atoms with Crippen LogP contribution in [0.3, 0.4) is 0 Å². The lowest BCUT2D eigenvalue weighted by atomic mass is 10.1. The third-order valence-electron chi connectivity index (χ3n) is 3.81. The van der Waals surface area contributed by atoms with Crippen LogP contribution >= 0.6 is 0 Å². The molecule has 1 saturated heterocycles. The Balaban J connectivity index is 1.89. The zero-order valence-electron chi connectivity index (χ0n) is 11.5. The van der Waals surface area contributed by atoms with Crippen LogP contribution in [0.4, 0.5) is 17.1 Å². The third kappa shape index (κ3) is 2.38. The minimum atomic E-state index is -0.137. The minimum Gasteiger partial charge on any atom is -0.482 e. The van der Waals surface area contributed by atoms with E-state index in [9.17, 15) is 4.79 Å². The van der Waals surface area contributed by atoms with Gasteiger partial charge in [-0.25, -0.2) is 0 Å². The van der Waals surface area contributed by atoms with Gasteiger partial charge >= 0.3 is 0 Å². The molecule has 1 amide bonds. The quantitative estimate of drug-likeness (QED) is 0.795. The molecule has 2 aliphatic heterocycles. The molecule has 0 radical (unpaired) electrons. The van der Waals surface area contributed by atoms with E-state index in [2.05, 4.69) is 10.2 Å². The van der Waals surface area contributed by atoms with Gasteiger partial charge in [0.2, 0.25) is 0 Å². The van der Waals surface area contributed by atoms with Crippen molar-refractivity contribution >= 4 is 23.0 Å². The highest BCUT2D eigenvalue weighted by molar-refractivity contribution is 5.97. The van der Waals surface area contributed by atoms with Crippen LogP contribution in [0.1, 0.15) is 12.8 Å². The number of piperidine rings is 1. The number of nitrogens with two attached hydrogens (primary N) is 1. The molecule has 6 nitrogen and oxygen atoms in total. The van der Waals surface area contributed by atoms with Gasteiger partial charge in [0.15, 0.2) is 6.61 Å². The number of benzene rings is 1. The van der Waals surface area contributed by atoms with E-state index in [1.165, 1.54) is 0 Å². The number of nitrogens with one attached hydrogen (secondary N) is 1. The average molecular weight is 277 g/mol. The average Bonchev–Trinajstić information content (AvgIpc) is 2.47. The van der Waals surface area contributed by atoms with E-state index >= 15 is 0 Å². The number of anilines is 3. The summed E-state index contributed by atoms with van der Waals surface area (Å²) < 4.78 is 10.8. The summed E-state index contributed by atoms with van der Waals surface area (Å²) >= 11 is 0. The van der Waals surface area contributed by atoms with Crippen molar-refractivity contribution in [1.82, 2.24) is 0 Å². The van der Waals surface area contributed by atoms with Crippen molar-refractivity contribution in [2.45, 2.75) is 18.9 Å². The Labute approximate surface area is 117 Å². The normalized spacial score (nSPS) is 21.9. The van der Waals surface area contributed by atoms with Crippen molar-refractivity contribution in [2.24, 2.45) is 0 Å². The number of nitrogens with zero attached hydrogens (tertiary/aromatic N) is 1. The molecule has 1 aromatic carbocycles. The van der Waals surface area contributed by atoms with Crippen molar-refractivity contribution < 1.29 is 14.3 Å². The van der Waals surface area contributed by atoms with Crippen LogP contribution in [0, 0.1) is 0 Å². The SMILES string of the molecule is COC1CCCN(c2cc3c(cc2N)OCC(=O)N3)C1. The maximum Gasteiger partial charge on any atom is 0.262 e. The van der Waals surface area contributed by atoms with Gasteiger partial charge in [0.05, 0.1) is 23.2 Å². The molecule has 6 heteroatoms. The lowest BCUT2D eigenvalue weighted by molar-refractivity contribution is -0.118. The largest absolute Gasteiger partial charge is 0.482 e. The fourth-order valence-corrected chi connectivity index (χ4v) is 2.75. The predicted molar refractivity (Wildman–Crippen MR) is 77.2 cm³/mol.